The number of benzene rings is 2. The van der Waals surface area contributed by atoms with Crippen LogP contribution in [-0.4, -0.2) is 16.6 Å². The summed E-state index contributed by atoms with van der Waals surface area (Å²) in [5.74, 6) is 0.257. The lowest BCUT2D eigenvalue weighted by Crippen LogP contribution is -2.60. The normalized spacial score (nSPS) is 29.2. The van der Waals surface area contributed by atoms with Gasteiger partial charge in [-0.15, -0.1) is 0 Å². The van der Waals surface area contributed by atoms with Gasteiger partial charge in [-0.3, -0.25) is 0 Å². The Bertz CT molecular complexity index is 1220. The maximum Gasteiger partial charge on any atom is 0.182 e. The van der Waals surface area contributed by atoms with Crippen LogP contribution >= 0.6 is 0 Å². The Morgan fingerprint density at radius 3 is 1.22 bits per heavy atom. The summed E-state index contributed by atoms with van der Waals surface area (Å²) in [5, 5.41) is 20.3. The molecule has 2 aromatic rings. The van der Waals surface area contributed by atoms with Crippen molar-refractivity contribution in [1.29, 1.82) is 10.5 Å². The topological polar surface area (TPSA) is 56.8 Å². The molecule has 0 heterocycles. The number of hydrogen-bond acceptors (Lipinski definition) is 3. The third-order valence-electron chi connectivity index (χ3n) is 10.8. The first kappa shape index (κ1) is 31.6. The summed E-state index contributed by atoms with van der Waals surface area (Å²) in [5.41, 5.74) is 0.754. The van der Waals surface area contributed by atoms with Crippen molar-refractivity contribution in [2.24, 2.45) is 11.8 Å². The molecule has 3 nitrogen and oxygen atoms in total. The van der Waals surface area contributed by atoms with E-state index in [1.165, 1.54) is 24.3 Å². The second-order valence-corrected chi connectivity index (χ2v) is 25.0. The van der Waals surface area contributed by atoms with E-state index < -0.39 is 27.5 Å². The van der Waals surface area contributed by atoms with Crippen LogP contribution in [0.25, 0.3) is 0 Å². The largest absolute Gasteiger partial charge is 0.454 e. The first-order valence-corrected chi connectivity index (χ1v) is 20.2. The molecule has 0 N–H and O–H groups in total. The van der Waals surface area contributed by atoms with Crippen LogP contribution in [0.15, 0.2) is 48.5 Å². The molecule has 2 aliphatic carbocycles. The van der Waals surface area contributed by atoms with Crippen LogP contribution in [0.4, 0.5) is 8.78 Å². The van der Waals surface area contributed by atoms with E-state index >= 15 is 0 Å². The van der Waals surface area contributed by atoms with Gasteiger partial charge in [0.05, 0.1) is 23.0 Å². The summed E-state index contributed by atoms with van der Waals surface area (Å²) in [4.78, 5) is 0. The van der Waals surface area contributed by atoms with Crippen LogP contribution in [0.3, 0.4) is 0 Å². The highest BCUT2D eigenvalue weighted by Crippen LogP contribution is 2.58. The number of nitrogens with zero attached hydrogens (tertiary/aromatic N) is 2. The minimum atomic E-state index is -2.30. The summed E-state index contributed by atoms with van der Waals surface area (Å²) in [6.45, 7) is 18.7. The Balaban J connectivity index is 1.51. The zero-order valence-electron chi connectivity index (χ0n) is 26.1. The molecule has 220 valence electrons. The molecule has 0 bridgehead atoms. The van der Waals surface area contributed by atoms with Gasteiger partial charge >= 0.3 is 0 Å². The van der Waals surface area contributed by atoms with Crippen LogP contribution < -0.4 is 0 Å². The fraction of sp³-hybridized carbons (Fsp3) is 0.588. The summed E-state index contributed by atoms with van der Waals surface area (Å²) in [6, 6.07) is 20.0. The van der Waals surface area contributed by atoms with Crippen molar-refractivity contribution in [2.75, 3.05) is 0 Å². The van der Waals surface area contributed by atoms with Gasteiger partial charge in [0.1, 0.15) is 11.6 Å². The van der Waals surface area contributed by atoms with E-state index in [1.54, 1.807) is 24.3 Å². The highest BCUT2D eigenvalue weighted by atomic mass is 28.4. The molecule has 2 saturated carbocycles. The second-order valence-electron chi connectivity index (χ2n) is 15.4. The van der Waals surface area contributed by atoms with Crippen molar-refractivity contribution in [1.82, 2.24) is 0 Å². The third kappa shape index (κ3) is 5.96. The first-order valence-electron chi connectivity index (χ1n) is 14.9. The van der Waals surface area contributed by atoms with Gasteiger partial charge in [0.15, 0.2) is 16.6 Å². The minimum Gasteiger partial charge on any atom is -0.454 e. The molecule has 0 aliphatic heterocycles. The molecule has 2 aliphatic rings. The summed E-state index contributed by atoms with van der Waals surface area (Å²) in [6.07, 6.45) is 3.15. The molecule has 0 saturated heterocycles. The predicted octanol–water partition coefficient (Wildman–Crippen LogP) is 9.78. The molecule has 41 heavy (non-hydrogen) atoms. The molecule has 0 aromatic heterocycles. The van der Waals surface area contributed by atoms with Gasteiger partial charge in [0.25, 0.3) is 0 Å². The fourth-order valence-corrected chi connectivity index (χ4v) is 18.2. The molecule has 7 heteroatoms. The Labute approximate surface area is 248 Å². The lowest BCUT2D eigenvalue weighted by Gasteiger charge is -2.55. The number of rotatable bonds is 8. The van der Waals surface area contributed by atoms with E-state index in [9.17, 15) is 19.3 Å². The number of hydrogen-bond donors (Lipinski definition) is 0. The van der Waals surface area contributed by atoms with Crippen molar-refractivity contribution < 1.29 is 12.9 Å². The SMILES string of the molecule is CC(C)(C)[Si](C)(CC1CC(C#N)(c2ccc(F)cc2)C1)O[Si](C)(CC1CC(C#N)(c2ccc(F)cc2)C1)C(C)(C)C. The first-order chi connectivity index (χ1) is 18.9. The van der Waals surface area contributed by atoms with Gasteiger partial charge in [-0.2, -0.15) is 10.5 Å². The average molecular weight is 593 g/mol. The summed E-state index contributed by atoms with van der Waals surface area (Å²) >= 11 is 0. The van der Waals surface area contributed by atoms with Crippen molar-refractivity contribution in [3.8, 4) is 12.1 Å². The van der Waals surface area contributed by atoms with E-state index in [-0.39, 0.29) is 21.7 Å². The molecule has 2 unspecified atom stereocenters. The Morgan fingerprint density at radius 2 is 0.976 bits per heavy atom. The lowest BCUT2D eigenvalue weighted by atomic mass is 9.60. The highest BCUT2D eigenvalue weighted by Gasteiger charge is 2.57. The van der Waals surface area contributed by atoms with E-state index in [4.69, 9.17) is 4.12 Å². The second kappa shape index (κ2) is 10.7. The Kier molecular flexibility index (Phi) is 8.28. The van der Waals surface area contributed by atoms with Gasteiger partial charge in [-0.1, -0.05) is 65.8 Å². The summed E-state index contributed by atoms with van der Waals surface area (Å²) in [7, 11) is -4.60. The third-order valence-corrected chi connectivity index (χ3v) is 23.4. The number of nitriles is 2. The molecule has 4 rings (SSSR count). The molecule has 2 atom stereocenters. The fourth-order valence-electron chi connectivity index (χ4n) is 7.06. The van der Waals surface area contributed by atoms with Gasteiger partial charge in [-0.25, -0.2) is 8.78 Å². The van der Waals surface area contributed by atoms with Crippen LogP contribution in [0, 0.1) is 46.1 Å². The Hall–Kier alpha value is -2.33. The minimum absolute atomic E-state index is 0.0113. The van der Waals surface area contributed by atoms with E-state index in [2.05, 4.69) is 66.8 Å². The molecule has 2 aromatic carbocycles. The molecule has 0 amide bonds. The quantitative estimate of drug-likeness (QED) is 0.287. The van der Waals surface area contributed by atoms with Crippen molar-refractivity contribution in [2.45, 2.75) is 113 Å². The molecular weight excluding hydrogens is 547 g/mol. The maximum atomic E-state index is 13.5. The molecule has 0 spiro atoms. The van der Waals surface area contributed by atoms with Crippen LogP contribution in [0.5, 0.6) is 0 Å². The standard InChI is InChI=1S/C34H46F2N2OSi2/c1-31(2,3)40(7,21-25-17-33(18-25,23-37)27-9-13-29(35)14-10-27)39-41(8,32(4,5)6)22-26-19-34(20-26,24-38)28-11-15-30(36)16-12-28/h9-16,25-26H,17-22H2,1-8H3. The lowest BCUT2D eigenvalue weighted by molar-refractivity contribution is 0.201. The average Bonchev–Trinajstić information content (AvgIpc) is 2.83. The Morgan fingerprint density at radius 1 is 0.683 bits per heavy atom. The monoisotopic (exact) mass is 592 g/mol. The predicted molar refractivity (Wildman–Crippen MR) is 166 cm³/mol. The van der Waals surface area contributed by atoms with Gasteiger partial charge in [-0.05, 0) is 108 Å². The van der Waals surface area contributed by atoms with E-state index in [0.717, 1.165) is 48.9 Å². The van der Waals surface area contributed by atoms with E-state index in [1.807, 2.05) is 0 Å². The van der Waals surface area contributed by atoms with Crippen LogP contribution in [0.2, 0.25) is 35.3 Å². The van der Waals surface area contributed by atoms with Gasteiger partial charge in [0, 0.05) is 0 Å². The zero-order chi connectivity index (χ0) is 30.5. The number of halogens is 2. The van der Waals surface area contributed by atoms with Crippen LogP contribution in [-0.2, 0) is 14.9 Å². The van der Waals surface area contributed by atoms with Gasteiger partial charge in [0.2, 0.25) is 0 Å². The smallest absolute Gasteiger partial charge is 0.182 e. The molecule has 2 fully saturated rings. The van der Waals surface area contributed by atoms with Crippen molar-refractivity contribution in [3.63, 3.8) is 0 Å². The highest BCUT2D eigenvalue weighted by molar-refractivity contribution is 6.88. The maximum absolute atomic E-state index is 13.5. The molecule has 0 radical (unpaired) electrons. The summed E-state index contributed by atoms with van der Waals surface area (Å²) < 4.78 is 34.7. The zero-order valence-corrected chi connectivity index (χ0v) is 28.1. The van der Waals surface area contributed by atoms with Crippen molar-refractivity contribution in [3.05, 3.63) is 71.3 Å². The van der Waals surface area contributed by atoms with Crippen LogP contribution in [0.1, 0.15) is 78.4 Å². The van der Waals surface area contributed by atoms with E-state index in [0.29, 0.717) is 11.8 Å². The van der Waals surface area contributed by atoms with Gasteiger partial charge < -0.3 is 4.12 Å². The van der Waals surface area contributed by atoms with Crippen molar-refractivity contribution >= 4 is 16.6 Å². The molecular formula is C34H46F2N2OSi2.